The maximum atomic E-state index is 13.4. The van der Waals surface area contributed by atoms with E-state index in [1.807, 2.05) is 35.1 Å². The van der Waals surface area contributed by atoms with E-state index in [-0.39, 0.29) is 11.9 Å². The molecule has 0 fully saturated rings. The van der Waals surface area contributed by atoms with Gasteiger partial charge in [0.1, 0.15) is 5.82 Å². The van der Waals surface area contributed by atoms with Crippen LogP contribution in [0.15, 0.2) is 41.8 Å². The molecule has 0 aliphatic carbocycles. The smallest absolute Gasteiger partial charge is 0.196 e. The SMILES string of the molecule is CC(c1cccc(F)c1)n1c(-c2cccs2)n[nH]c1=S. The Morgan fingerprint density at radius 2 is 2.20 bits per heavy atom. The van der Waals surface area contributed by atoms with Gasteiger partial charge in [0.2, 0.25) is 0 Å². The van der Waals surface area contributed by atoms with Crippen LogP contribution >= 0.6 is 23.6 Å². The lowest BCUT2D eigenvalue weighted by molar-refractivity contribution is 0.603. The number of benzene rings is 1. The van der Waals surface area contributed by atoms with E-state index >= 15 is 0 Å². The average molecular weight is 305 g/mol. The number of hydrogen-bond acceptors (Lipinski definition) is 3. The molecule has 2 aromatic heterocycles. The standard InChI is InChI=1S/C14H12FN3S2/c1-9(10-4-2-5-11(15)8-10)18-13(16-17-14(18)19)12-6-3-7-20-12/h2-9H,1H3,(H,17,19). The Morgan fingerprint density at radius 1 is 1.35 bits per heavy atom. The average Bonchev–Trinajstić information content (AvgIpc) is 3.07. The molecule has 0 amide bonds. The summed E-state index contributed by atoms with van der Waals surface area (Å²) in [5.41, 5.74) is 0.861. The van der Waals surface area contributed by atoms with Crippen LogP contribution in [0.1, 0.15) is 18.5 Å². The van der Waals surface area contributed by atoms with Crippen molar-refractivity contribution in [1.82, 2.24) is 14.8 Å². The maximum absolute atomic E-state index is 13.4. The highest BCUT2D eigenvalue weighted by atomic mass is 32.1. The van der Waals surface area contributed by atoms with Gasteiger partial charge in [0.15, 0.2) is 10.6 Å². The Balaban J connectivity index is 2.11. The van der Waals surface area contributed by atoms with Gasteiger partial charge in [0.05, 0.1) is 10.9 Å². The molecule has 102 valence electrons. The molecule has 1 aromatic carbocycles. The van der Waals surface area contributed by atoms with Crippen molar-refractivity contribution in [2.24, 2.45) is 0 Å². The Hall–Kier alpha value is -1.79. The summed E-state index contributed by atoms with van der Waals surface area (Å²) in [4.78, 5) is 1.03. The first-order chi connectivity index (χ1) is 9.66. The summed E-state index contributed by atoms with van der Waals surface area (Å²) in [5, 5.41) is 9.10. The van der Waals surface area contributed by atoms with Crippen molar-refractivity contribution in [3.05, 3.63) is 57.9 Å². The molecular weight excluding hydrogens is 293 g/mol. The van der Waals surface area contributed by atoms with Crippen LogP contribution in [0.4, 0.5) is 4.39 Å². The van der Waals surface area contributed by atoms with E-state index in [0.29, 0.717) is 4.77 Å². The van der Waals surface area contributed by atoms with Crippen LogP contribution < -0.4 is 0 Å². The van der Waals surface area contributed by atoms with Gasteiger partial charge in [-0.2, -0.15) is 5.10 Å². The zero-order valence-electron chi connectivity index (χ0n) is 10.7. The Morgan fingerprint density at radius 3 is 2.90 bits per heavy atom. The Kier molecular flexibility index (Phi) is 3.50. The third-order valence-electron chi connectivity index (χ3n) is 3.16. The van der Waals surface area contributed by atoms with Gasteiger partial charge in [-0.05, 0) is 48.3 Å². The number of H-pyrrole nitrogens is 1. The van der Waals surface area contributed by atoms with Gasteiger partial charge in [-0.1, -0.05) is 18.2 Å². The van der Waals surface area contributed by atoms with Crippen molar-refractivity contribution < 1.29 is 4.39 Å². The van der Waals surface area contributed by atoms with Crippen molar-refractivity contribution in [3.8, 4) is 10.7 Å². The fourth-order valence-corrected chi connectivity index (χ4v) is 3.16. The fraction of sp³-hybridized carbons (Fsp3) is 0.143. The Labute approximate surface area is 124 Å². The summed E-state index contributed by atoms with van der Waals surface area (Å²) in [6, 6.07) is 10.4. The fourth-order valence-electron chi connectivity index (χ4n) is 2.16. The molecule has 0 radical (unpaired) electrons. The van der Waals surface area contributed by atoms with E-state index in [2.05, 4.69) is 10.2 Å². The molecule has 0 bridgehead atoms. The molecule has 1 N–H and O–H groups in total. The van der Waals surface area contributed by atoms with Gasteiger partial charge in [0.25, 0.3) is 0 Å². The number of nitrogens with zero attached hydrogens (tertiary/aromatic N) is 2. The highest BCUT2D eigenvalue weighted by Crippen LogP contribution is 2.28. The third-order valence-corrected chi connectivity index (χ3v) is 4.32. The first-order valence-electron chi connectivity index (χ1n) is 6.13. The molecule has 0 aliphatic rings. The van der Waals surface area contributed by atoms with E-state index in [9.17, 15) is 4.39 Å². The van der Waals surface area contributed by atoms with Crippen molar-refractivity contribution in [2.75, 3.05) is 0 Å². The molecule has 3 aromatic rings. The normalized spacial score (nSPS) is 12.5. The van der Waals surface area contributed by atoms with Crippen LogP contribution in [0.25, 0.3) is 10.7 Å². The van der Waals surface area contributed by atoms with Gasteiger partial charge in [-0.25, -0.2) is 4.39 Å². The lowest BCUT2D eigenvalue weighted by atomic mass is 10.1. The summed E-state index contributed by atoms with van der Waals surface area (Å²) in [6.45, 7) is 1.98. The lowest BCUT2D eigenvalue weighted by Gasteiger charge is -2.15. The summed E-state index contributed by atoms with van der Waals surface area (Å²) in [5.74, 6) is 0.531. The summed E-state index contributed by atoms with van der Waals surface area (Å²) >= 11 is 6.91. The number of aromatic amines is 1. The van der Waals surface area contributed by atoms with Crippen LogP contribution in [0, 0.1) is 10.6 Å². The molecule has 1 unspecified atom stereocenters. The summed E-state index contributed by atoms with van der Waals surface area (Å²) in [6.07, 6.45) is 0. The Bertz CT molecular complexity index is 774. The van der Waals surface area contributed by atoms with Crippen molar-refractivity contribution in [3.63, 3.8) is 0 Å². The lowest BCUT2D eigenvalue weighted by Crippen LogP contribution is -2.08. The van der Waals surface area contributed by atoms with Gasteiger partial charge in [-0.3, -0.25) is 9.67 Å². The molecule has 3 nitrogen and oxygen atoms in total. The number of halogens is 1. The highest BCUT2D eigenvalue weighted by molar-refractivity contribution is 7.71. The molecule has 0 saturated heterocycles. The zero-order valence-corrected chi connectivity index (χ0v) is 12.3. The predicted octanol–water partition coefficient (Wildman–Crippen LogP) is 4.42. The molecule has 2 heterocycles. The summed E-state index contributed by atoms with van der Waals surface area (Å²) in [7, 11) is 0. The summed E-state index contributed by atoms with van der Waals surface area (Å²) < 4.78 is 15.8. The van der Waals surface area contributed by atoms with Crippen molar-refractivity contribution >= 4 is 23.6 Å². The second-order valence-electron chi connectivity index (χ2n) is 4.43. The first-order valence-corrected chi connectivity index (χ1v) is 7.42. The van der Waals surface area contributed by atoms with Crippen molar-refractivity contribution in [1.29, 1.82) is 0 Å². The number of hydrogen-bond donors (Lipinski definition) is 1. The van der Waals surface area contributed by atoms with Gasteiger partial charge in [-0.15, -0.1) is 11.3 Å². The van der Waals surface area contributed by atoms with E-state index in [0.717, 1.165) is 16.3 Å². The molecule has 0 spiro atoms. The number of thiophene rings is 1. The van der Waals surface area contributed by atoms with Gasteiger partial charge < -0.3 is 0 Å². The highest BCUT2D eigenvalue weighted by Gasteiger charge is 2.17. The minimum atomic E-state index is -0.248. The maximum Gasteiger partial charge on any atom is 0.196 e. The molecule has 3 rings (SSSR count). The van der Waals surface area contributed by atoms with Crippen LogP contribution in [-0.2, 0) is 0 Å². The first kappa shape index (κ1) is 13.2. The van der Waals surface area contributed by atoms with E-state index in [1.165, 1.54) is 12.1 Å². The van der Waals surface area contributed by atoms with E-state index in [1.54, 1.807) is 17.4 Å². The quantitative estimate of drug-likeness (QED) is 0.727. The molecule has 1 atom stereocenters. The van der Waals surface area contributed by atoms with Crippen LogP contribution in [0.5, 0.6) is 0 Å². The number of aromatic nitrogens is 3. The van der Waals surface area contributed by atoms with E-state index < -0.39 is 0 Å². The minimum Gasteiger partial charge on any atom is -0.292 e. The number of rotatable bonds is 3. The van der Waals surface area contributed by atoms with Crippen LogP contribution in [-0.4, -0.2) is 14.8 Å². The second-order valence-corrected chi connectivity index (χ2v) is 5.77. The van der Waals surface area contributed by atoms with Crippen LogP contribution in [0.3, 0.4) is 0 Å². The zero-order chi connectivity index (χ0) is 14.1. The molecular formula is C14H12FN3S2. The van der Waals surface area contributed by atoms with Gasteiger partial charge in [0, 0.05) is 0 Å². The topological polar surface area (TPSA) is 33.6 Å². The van der Waals surface area contributed by atoms with Crippen molar-refractivity contribution in [2.45, 2.75) is 13.0 Å². The predicted molar refractivity (Wildman–Crippen MR) is 80.9 cm³/mol. The monoisotopic (exact) mass is 305 g/mol. The molecule has 20 heavy (non-hydrogen) atoms. The second kappa shape index (κ2) is 5.30. The molecule has 0 aliphatic heterocycles. The third kappa shape index (κ3) is 2.32. The van der Waals surface area contributed by atoms with Gasteiger partial charge >= 0.3 is 0 Å². The molecule has 0 saturated carbocycles. The molecule has 6 heteroatoms. The minimum absolute atomic E-state index is 0.0888. The van der Waals surface area contributed by atoms with Crippen LogP contribution in [0.2, 0.25) is 0 Å². The largest absolute Gasteiger partial charge is 0.292 e. The van der Waals surface area contributed by atoms with E-state index in [4.69, 9.17) is 12.2 Å². The number of nitrogens with one attached hydrogen (secondary N) is 1.